The lowest BCUT2D eigenvalue weighted by molar-refractivity contribution is -0.145. The maximum Gasteiger partial charge on any atom is 0.247 e. The molecule has 2 aliphatic rings. The molecule has 1 atom stereocenters. The van der Waals surface area contributed by atoms with E-state index in [1.807, 2.05) is 35.2 Å². The smallest absolute Gasteiger partial charge is 0.247 e. The summed E-state index contributed by atoms with van der Waals surface area (Å²) in [5.74, 6) is 0.925. The van der Waals surface area contributed by atoms with Gasteiger partial charge in [0.1, 0.15) is 11.3 Å². The number of ether oxygens (including phenoxy) is 2. The lowest BCUT2D eigenvalue weighted by Gasteiger charge is -2.37. The molecular formula is C21H25NO4. The van der Waals surface area contributed by atoms with Crippen LogP contribution in [0.2, 0.25) is 0 Å². The van der Waals surface area contributed by atoms with Crippen LogP contribution in [0.4, 0.5) is 0 Å². The van der Waals surface area contributed by atoms with Gasteiger partial charge in [-0.1, -0.05) is 25.1 Å². The molecule has 0 bridgehead atoms. The number of carbonyl (C=O) groups is 1. The van der Waals surface area contributed by atoms with Gasteiger partial charge in [0.2, 0.25) is 5.91 Å². The molecule has 5 nitrogen and oxygen atoms in total. The van der Waals surface area contributed by atoms with Gasteiger partial charge in [-0.05, 0) is 31.4 Å². The van der Waals surface area contributed by atoms with Gasteiger partial charge in [0, 0.05) is 30.0 Å². The predicted molar refractivity (Wildman–Crippen MR) is 99.7 cm³/mol. The molecule has 138 valence electrons. The molecule has 1 aromatic carbocycles. The van der Waals surface area contributed by atoms with E-state index in [0.717, 1.165) is 54.5 Å². The molecular weight excluding hydrogens is 330 g/mol. The molecule has 2 saturated heterocycles. The normalized spacial score (nSPS) is 21.9. The monoisotopic (exact) mass is 355 g/mol. The molecule has 0 unspecified atom stereocenters. The summed E-state index contributed by atoms with van der Waals surface area (Å²) in [6.07, 6.45) is 7.13. The van der Waals surface area contributed by atoms with Gasteiger partial charge in [-0.15, -0.1) is 0 Å². The number of fused-ring (bicyclic) bond motifs is 1. The van der Waals surface area contributed by atoms with E-state index in [4.69, 9.17) is 13.9 Å². The summed E-state index contributed by atoms with van der Waals surface area (Å²) >= 11 is 0. The van der Waals surface area contributed by atoms with E-state index in [0.29, 0.717) is 13.2 Å². The average molecular weight is 355 g/mol. The summed E-state index contributed by atoms with van der Waals surface area (Å²) in [4.78, 5) is 14.8. The summed E-state index contributed by atoms with van der Waals surface area (Å²) in [6.45, 7) is 4.04. The van der Waals surface area contributed by atoms with Crippen LogP contribution in [0.5, 0.6) is 0 Å². The minimum Gasteiger partial charge on any atom is -0.460 e. The van der Waals surface area contributed by atoms with Crippen molar-refractivity contribution in [1.29, 1.82) is 0 Å². The number of nitrogens with zero attached hydrogens (tertiary/aromatic N) is 1. The number of hydrogen-bond acceptors (Lipinski definition) is 4. The van der Waals surface area contributed by atoms with E-state index in [-0.39, 0.29) is 18.2 Å². The van der Waals surface area contributed by atoms with E-state index in [1.54, 1.807) is 6.08 Å². The molecule has 4 rings (SSSR count). The Morgan fingerprint density at radius 3 is 2.85 bits per heavy atom. The fraction of sp³-hybridized carbons (Fsp3) is 0.476. The Hall–Kier alpha value is -2.11. The van der Waals surface area contributed by atoms with Gasteiger partial charge in [0.25, 0.3) is 0 Å². The molecule has 26 heavy (non-hydrogen) atoms. The molecule has 2 aromatic rings. The second-order valence-corrected chi connectivity index (χ2v) is 6.83. The quantitative estimate of drug-likeness (QED) is 0.784. The Balaban J connectivity index is 1.57. The van der Waals surface area contributed by atoms with Crippen LogP contribution in [-0.4, -0.2) is 42.9 Å². The Morgan fingerprint density at radius 2 is 2.04 bits per heavy atom. The number of furan rings is 1. The lowest BCUT2D eigenvalue weighted by atomic mass is 10.0. The number of carbonyl (C=O) groups excluding carboxylic acids is 1. The standard InChI is InChI=1S/C21H25NO4/c1-2-18-16(15-7-3-4-9-19(15)26-18)10-11-20(23)22-12-6-5-8-17(22)21-24-13-14-25-21/h3-4,7,9-11,17,21H,2,5-6,8,12-14H2,1H3/b11-10+/t17-/m1/s1. The Morgan fingerprint density at radius 1 is 1.23 bits per heavy atom. The summed E-state index contributed by atoms with van der Waals surface area (Å²) in [5.41, 5.74) is 1.86. The zero-order valence-electron chi connectivity index (χ0n) is 15.1. The van der Waals surface area contributed by atoms with Crippen LogP contribution < -0.4 is 0 Å². The van der Waals surface area contributed by atoms with Crippen molar-refractivity contribution in [2.45, 2.75) is 44.9 Å². The van der Waals surface area contributed by atoms with Crippen molar-refractivity contribution in [2.24, 2.45) is 0 Å². The third kappa shape index (κ3) is 3.29. The lowest BCUT2D eigenvalue weighted by Crippen LogP contribution is -2.49. The van der Waals surface area contributed by atoms with Crippen LogP contribution in [0, 0.1) is 0 Å². The van der Waals surface area contributed by atoms with Crippen molar-refractivity contribution in [1.82, 2.24) is 4.90 Å². The van der Waals surface area contributed by atoms with E-state index >= 15 is 0 Å². The van der Waals surface area contributed by atoms with Gasteiger partial charge in [-0.2, -0.15) is 0 Å². The molecule has 0 spiro atoms. The van der Waals surface area contributed by atoms with Gasteiger partial charge in [0.05, 0.1) is 19.3 Å². The molecule has 1 aromatic heterocycles. The number of para-hydroxylation sites is 1. The second kappa shape index (κ2) is 7.64. The highest BCUT2D eigenvalue weighted by Gasteiger charge is 2.35. The van der Waals surface area contributed by atoms with Crippen molar-refractivity contribution in [3.63, 3.8) is 0 Å². The van der Waals surface area contributed by atoms with Crippen molar-refractivity contribution in [3.05, 3.63) is 41.7 Å². The van der Waals surface area contributed by atoms with Crippen LogP contribution in [0.25, 0.3) is 17.0 Å². The fourth-order valence-electron chi connectivity index (χ4n) is 3.92. The summed E-state index contributed by atoms with van der Waals surface area (Å²) in [5, 5.41) is 1.05. The third-order valence-corrected chi connectivity index (χ3v) is 5.22. The average Bonchev–Trinajstić information content (AvgIpc) is 3.34. The van der Waals surface area contributed by atoms with Gasteiger partial charge in [-0.3, -0.25) is 4.79 Å². The molecule has 0 N–H and O–H groups in total. The summed E-state index contributed by atoms with van der Waals surface area (Å²) in [7, 11) is 0. The van der Waals surface area contributed by atoms with Crippen molar-refractivity contribution in [2.75, 3.05) is 19.8 Å². The fourth-order valence-corrected chi connectivity index (χ4v) is 3.92. The van der Waals surface area contributed by atoms with Gasteiger partial charge < -0.3 is 18.8 Å². The van der Waals surface area contributed by atoms with Crippen molar-refractivity contribution < 1.29 is 18.7 Å². The highest BCUT2D eigenvalue weighted by molar-refractivity contribution is 5.96. The van der Waals surface area contributed by atoms with Crippen LogP contribution in [0.3, 0.4) is 0 Å². The Labute approximate surface area is 153 Å². The van der Waals surface area contributed by atoms with Crippen LogP contribution in [0.15, 0.2) is 34.8 Å². The van der Waals surface area contributed by atoms with Gasteiger partial charge >= 0.3 is 0 Å². The molecule has 2 fully saturated rings. The van der Waals surface area contributed by atoms with Gasteiger partial charge in [0.15, 0.2) is 6.29 Å². The van der Waals surface area contributed by atoms with Crippen LogP contribution >= 0.6 is 0 Å². The minimum atomic E-state index is -0.284. The number of amides is 1. The first kappa shape index (κ1) is 17.3. The zero-order chi connectivity index (χ0) is 17.9. The first-order chi connectivity index (χ1) is 12.8. The van der Waals surface area contributed by atoms with E-state index in [9.17, 15) is 4.79 Å². The first-order valence-electron chi connectivity index (χ1n) is 9.50. The van der Waals surface area contributed by atoms with E-state index in [1.165, 1.54) is 0 Å². The summed E-state index contributed by atoms with van der Waals surface area (Å²) < 4.78 is 17.2. The van der Waals surface area contributed by atoms with Crippen LogP contribution in [0.1, 0.15) is 37.5 Å². The summed E-state index contributed by atoms with van der Waals surface area (Å²) in [6, 6.07) is 7.96. The van der Waals surface area contributed by atoms with Gasteiger partial charge in [-0.25, -0.2) is 0 Å². The van der Waals surface area contributed by atoms with Crippen molar-refractivity contribution >= 4 is 23.0 Å². The SMILES string of the molecule is CCc1oc2ccccc2c1/C=C/C(=O)N1CCCC[C@@H]1C1OCCO1. The zero-order valence-corrected chi connectivity index (χ0v) is 15.1. The number of piperidine rings is 1. The van der Waals surface area contributed by atoms with E-state index < -0.39 is 0 Å². The second-order valence-electron chi connectivity index (χ2n) is 6.83. The highest BCUT2D eigenvalue weighted by Crippen LogP contribution is 2.28. The maximum atomic E-state index is 12.9. The Bertz CT molecular complexity index is 803. The first-order valence-corrected chi connectivity index (χ1v) is 9.50. The largest absolute Gasteiger partial charge is 0.460 e. The topological polar surface area (TPSA) is 51.9 Å². The number of aryl methyl sites for hydroxylation is 1. The number of hydrogen-bond donors (Lipinski definition) is 0. The molecule has 0 saturated carbocycles. The number of rotatable bonds is 4. The maximum absolute atomic E-state index is 12.9. The van der Waals surface area contributed by atoms with Crippen LogP contribution in [-0.2, 0) is 20.7 Å². The highest BCUT2D eigenvalue weighted by atomic mass is 16.7. The minimum absolute atomic E-state index is 0.00939. The molecule has 5 heteroatoms. The van der Waals surface area contributed by atoms with E-state index in [2.05, 4.69) is 6.92 Å². The molecule has 3 heterocycles. The predicted octanol–water partition coefficient (Wildman–Crippen LogP) is 3.76. The van der Waals surface area contributed by atoms with Crippen molar-refractivity contribution in [3.8, 4) is 0 Å². The number of likely N-dealkylation sites (tertiary alicyclic amines) is 1. The molecule has 2 aliphatic heterocycles. The molecule has 0 radical (unpaired) electrons. The third-order valence-electron chi connectivity index (χ3n) is 5.22. The molecule has 0 aliphatic carbocycles. The molecule has 1 amide bonds. The Kier molecular flexibility index (Phi) is 5.09. The number of benzene rings is 1.